The van der Waals surface area contributed by atoms with E-state index >= 15 is 0 Å². The molecule has 0 saturated carbocycles. The zero-order valence-electron chi connectivity index (χ0n) is 13.7. The van der Waals surface area contributed by atoms with Crippen LogP contribution in [0.3, 0.4) is 0 Å². The lowest BCUT2D eigenvalue weighted by Crippen LogP contribution is -2.32. The van der Waals surface area contributed by atoms with E-state index < -0.39 is 11.7 Å². The van der Waals surface area contributed by atoms with Gasteiger partial charge in [-0.25, -0.2) is 19.3 Å². The highest BCUT2D eigenvalue weighted by Crippen LogP contribution is 2.16. The van der Waals surface area contributed by atoms with Crippen molar-refractivity contribution in [1.29, 1.82) is 0 Å². The molecule has 1 atom stereocenters. The summed E-state index contributed by atoms with van der Waals surface area (Å²) in [4.78, 5) is 26.8. The van der Waals surface area contributed by atoms with E-state index in [2.05, 4.69) is 53.0 Å². The topological polar surface area (TPSA) is 110 Å². The fourth-order valence-corrected chi connectivity index (χ4v) is 2.60. The van der Waals surface area contributed by atoms with E-state index in [1.54, 1.807) is 12.3 Å². The molecule has 3 rings (SSSR count). The van der Waals surface area contributed by atoms with Gasteiger partial charge in [0, 0.05) is 29.2 Å². The van der Waals surface area contributed by atoms with E-state index in [0.717, 1.165) is 10.7 Å². The lowest BCUT2D eigenvalue weighted by atomic mass is 10.2. The molecule has 26 heavy (non-hydrogen) atoms. The summed E-state index contributed by atoms with van der Waals surface area (Å²) in [7, 11) is 0. The molecule has 132 valence electrons. The van der Waals surface area contributed by atoms with Crippen LogP contribution in [0.4, 0.5) is 10.2 Å². The molecular formula is C17H14BrFN6O. The van der Waals surface area contributed by atoms with E-state index in [4.69, 9.17) is 5.73 Å². The van der Waals surface area contributed by atoms with Gasteiger partial charge in [-0.15, -0.1) is 0 Å². The van der Waals surface area contributed by atoms with Crippen molar-refractivity contribution in [2.75, 3.05) is 5.73 Å². The molecule has 0 radical (unpaired) electrons. The van der Waals surface area contributed by atoms with Crippen molar-refractivity contribution in [3.05, 3.63) is 46.2 Å². The third kappa shape index (κ3) is 4.15. The Labute approximate surface area is 156 Å². The number of anilines is 1. The molecule has 3 aromatic heterocycles. The summed E-state index contributed by atoms with van der Waals surface area (Å²) in [6, 6.07) is 2.70. The van der Waals surface area contributed by atoms with Crippen LogP contribution in [0.1, 0.15) is 29.5 Å². The molecule has 3 aromatic rings. The van der Waals surface area contributed by atoms with Gasteiger partial charge in [0.05, 0.1) is 17.3 Å². The van der Waals surface area contributed by atoms with Crippen molar-refractivity contribution in [2.45, 2.75) is 19.4 Å². The van der Waals surface area contributed by atoms with Crippen LogP contribution in [-0.2, 0) is 0 Å². The van der Waals surface area contributed by atoms with Crippen LogP contribution in [0.15, 0.2) is 29.0 Å². The third-order valence-electron chi connectivity index (χ3n) is 3.40. The Kier molecular flexibility index (Phi) is 5.14. The highest BCUT2D eigenvalue weighted by molar-refractivity contribution is 9.10. The van der Waals surface area contributed by atoms with Gasteiger partial charge < -0.3 is 16.0 Å². The number of pyridine rings is 2. The number of aromatic nitrogens is 4. The molecule has 0 saturated heterocycles. The second-order valence-electron chi connectivity index (χ2n) is 5.58. The number of H-pyrrole nitrogens is 1. The van der Waals surface area contributed by atoms with Gasteiger partial charge in [-0.2, -0.15) is 0 Å². The number of halogens is 2. The molecule has 9 heteroatoms. The summed E-state index contributed by atoms with van der Waals surface area (Å²) >= 11 is 3.37. The molecule has 0 fully saturated rings. The van der Waals surface area contributed by atoms with Gasteiger partial charge in [0.25, 0.3) is 5.91 Å². The zero-order chi connectivity index (χ0) is 18.7. The number of nitrogens with two attached hydrogens (primary N) is 1. The SMILES string of the molecule is C[C@@H](CC#Cc1cnc(N)cc1Br)NC(=O)c1nc2ncc(F)cc2[nH]1. The Bertz CT molecular complexity index is 1040. The number of fused-ring (bicyclic) bond motifs is 1. The number of nitrogens with zero attached hydrogens (tertiary/aromatic N) is 3. The molecule has 7 nitrogen and oxygen atoms in total. The monoisotopic (exact) mass is 416 g/mol. The Morgan fingerprint density at radius 2 is 2.23 bits per heavy atom. The minimum absolute atomic E-state index is 0.0726. The summed E-state index contributed by atoms with van der Waals surface area (Å²) in [5, 5.41) is 2.78. The number of hydrogen-bond acceptors (Lipinski definition) is 5. The van der Waals surface area contributed by atoms with Gasteiger partial charge >= 0.3 is 0 Å². The quantitative estimate of drug-likeness (QED) is 0.567. The van der Waals surface area contributed by atoms with Crippen LogP contribution in [0.2, 0.25) is 0 Å². The number of aromatic amines is 1. The van der Waals surface area contributed by atoms with Gasteiger partial charge in [0.2, 0.25) is 0 Å². The van der Waals surface area contributed by atoms with Crippen molar-refractivity contribution in [3.8, 4) is 11.8 Å². The molecule has 0 aliphatic rings. The molecule has 0 aliphatic heterocycles. The van der Waals surface area contributed by atoms with Crippen molar-refractivity contribution >= 4 is 38.8 Å². The minimum atomic E-state index is -0.500. The molecule has 0 bridgehead atoms. The first-order valence-electron chi connectivity index (χ1n) is 7.64. The maximum absolute atomic E-state index is 13.1. The number of nitrogen functional groups attached to an aromatic ring is 1. The summed E-state index contributed by atoms with van der Waals surface area (Å²) < 4.78 is 13.9. The lowest BCUT2D eigenvalue weighted by Gasteiger charge is -2.08. The molecule has 4 N–H and O–H groups in total. The maximum atomic E-state index is 13.1. The van der Waals surface area contributed by atoms with Gasteiger partial charge in [-0.3, -0.25) is 4.79 Å². The van der Waals surface area contributed by atoms with Crippen LogP contribution in [0.5, 0.6) is 0 Å². The number of hydrogen-bond donors (Lipinski definition) is 3. The molecule has 0 spiro atoms. The average molecular weight is 417 g/mol. The second-order valence-corrected chi connectivity index (χ2v) is 6.43. The largest absolute Gasteiger partial charge is 0.384 e. The summed E-state index contributed by atoms with van der Waals surface area (Å²) in [5.74, 6) is 5.52. The van der Waals surface area contributed by atoms with Crippen LogP contribution in [0, 0.1) is 17.7 Å². The standard InChI is InChI=1S/C17H14BrFN6O/c1-9(3-2-4-10-7-21-14(20)6-12(10)18)23-17(26)16-24-13-5-11(19)8-22-15(13)25-16/h5-9H,3H2,1H3,(H2,20,21)(H,23,26)(H,22,24,25)/t9-/m0/s1. The molecule has 3 heterocycles. The van der Waals surface area contributed by atoms with Crippen molar-refractivity contribution in [1.82, 2.24) is 25.3 Å². The van der Waals surface area contributed by atoms with Gasteiger partial charge in [-0.05, 0) is 28.9 Å². The van der Waals surface area contributed by atoms with E-state index in [1.807, 2.05) is 6.92 Å². The minimum Gasteiger partial charge on any atom is -0.384 e. The lowest BCUT2D eigenvalue weighted by molar-refractivity contribution is 0.0931. The van der Waals surface area contributed by atoms with Crippen molar-refractivity contribution < 1.29 is 9.18 Å². The molecule has 0 unspecified atom stereocenters. The molecule has 1 amide bonds. The fourth-order valence-electron chi connectivity index (χ4n) is 2.16. The number of carbonyl (C=O) groups excluding carboxylic acids is 1. The maximum Gasteiger partial charge on any atom is 0.287 e. The van der Waals surface area contributed by atoms with Gasteiger partial charge in [0.1, 0.15) is 11.6 Å². The van der Waals surface area contributed by atoms with Crippen molar-refractivity contribution in [3.63, 3.8) is 0 Å². The summed E-state index contributed by atoms with van der Waals surface area (Å²) in [5.41, 5.74) is 6.94. The zero-order valence-corrected chi connectivity index (χ0v) is 15.3. The van der Waals surface area contributed by atoms with Crippen LogP contribution in [0.25, 0.3) is 11.2 Å². The summed E-state index contributed by atoms with van der Waals surface area (Å²) in [6.07, 6.45) is 3.05. The Hall–Kier alpha value is -2.99. The predicted molar refractivity (Wildman–Crippen MR) is 98.6 cm³/mol. The first kappa shape index (κ1) is 17.8. The predicted octanol–water partition coefficient (Wildman–Crippen LogP) is 2.40. The fraction of sp³-hybridized carbons (Fsp3) is 0.176. The first-order valence-corrected chi connectivity index (χ1v) is 8.43. The highest BCUT2D eigenvalue weighted by Gasteiger charge is 2.14. The third-order valence-corrected chi connectivity index (χ3v) is 4.06. The smallest absolute Gasteiger partial charge is 0.287 e. The average Bonchev–Trinajstić information content (AvgIpc) is 3.00. The van der Waals surface area contributed by atoms with Gasteiger partial charge in [-0.1, -0.05) is 11.8 Å². The number of amides is 1. The highest BCUT2D eigenvalue weighted by atomic mass is 79.9. The number of nitrogens with one attached hydrogen (secondary N) is 2. The van der Waals surface area contributed by atoms with E-state index in [0.29, 0.717) is 23.3 Å². The van der Waals surface area contributed by atoms with Gasteiger partial charge in [0.15, 0.2) is 11.5 Å². The Balaban J connectivity index is 1.63. The number of rotatable bonds is 3. The van der Waals surface area contributed by atoms with Crippen LogP contribution in [-0.4, -0.2) is 31.9 Å². The molecule has 0 aromatic carbocycles. The number of imidazole rings is 1. The van der Waals surface area contributed by atoms with E-state index in [-0.39, 0.29) is 17.5 Å². The van der Waals surface area contributed by atoms with Crippen molar-refractivity contribution in [2.24, 2.45) is 0 Å². The van der Waals surface area contributed by atoms with E-state index in [9.17, 15) is 9.18 Å². The van der Waals surface area contributed by atoms with Crippen LogP contribution >= 0.6 is 15.9 Å². The Morgan fingerprint density at radius 1 is 1.42 bits per heavy atom. The van der Waals surface area contributed by atoms with E-state index in [1.165, 1.54) is 6.07 Å². The first-order chi connectivity index (χ1) is 12.4. The number of carbonyl (C=O) groups is 1. The van der Waals surface area contributed by atoms with Crippen LogP contribution < -0.4 is 11.1 Å². The summed E-state index contributed by atoms with van der Waals surface area (Å²) in [6.45, 7) is 1.82. The normalized spacial score (nSPS) is 11.7. The molecule has 0 aliphatic carbocycles. The molecular weight excluding hydrogens is 403 g/mol. The second kappa shape index (κ2) is 7.49. The Morgan fingerprint density at radius 3 is 3.00 bits per heavy atom.